The molecule has 0 N–H and O–H groups in total. The van der Waals surface area contributed by atoms with Crippen molar-refractivity contribution in [2.75, 3.05) is 11.9 Å². The molecule has 2 aromatic heterocycles. The monoisotopic (exact) mass is 355 g/mol. The van der Waals surface area contributed by atoms with E-state index in [9.17, 15) is 0 Å². The van der Waals surface area contributed by atoms with Crippen LogP contribution in [0, 0.1) is 0 Å². The van der Waals surface area contributed by atoms with Crippen molar-refractivity contribution in [3.8, 4) is 0 Å². The Labute approximate surface area is 158 Å². The molecule has 1 aliphatic carbocycles. The van der Waals surface area contributed by atoms with Crippen LogP contribution in [0.25, 0.3) is 22.3 Å². The molecule has 0 bridgehead atoms. The second-order valence-corrected chi connectivity index (χ2v) is 6.98. The summed E-state index contributed by atoms with van der Waals surface area (Å²) in [6, 6.07) is 18.6. The zero-order chi connectivity index (χ0) is 18.2. The molecule has 5 rings (SSSR count). The second-order valence-electron chi connectivity index (χ2n) is 6.98. The first-order valence-electron chi connectivity index (χ1n) is 9.45. The van der Waals surface area contributed by atoms with Crippen LogP contribution in [0.4, 0.5) is 11.5 Å². The van der Waals surface area contributed by atoms with Gasteiger partial charge in [0.25, 0.3) is 5.78 Å². The van der Waals surface area contributed by atoms with Crippen LogP contribution in [-0.4, -0.2) is 26.6 Å². The molecule has 2 aromatic carbocycles. The van der Waals surface area contributed by atoms with Crippen molar-refractivity contribution in [1.82, 2.24) is 19.6 Å². The van der Waals surface area contributed by atoms with E-state index in [1.165, 1.54) is 18.4 Å². The Morgan fingerprint density at radius 2 is 1.74 bits per heavy atom. The molecule has 134 valence electrons. The highest BCUT2D eigenvalue weighted by Crippen LogP contribution is 2.32. The summed E-state index contributed by atoms with van der Waals surface area (Å²) in [6.45, 7) is 0. The Hall–Kier alpha value is -3.21. The van der Waals surface area contributed by atoms with Gasteiger partial charge in [0, 0.05) is 18.1 Å². The molecule has 0 amide bonds. The van der Waals surface area contributed by atoms with E-state index in [0.29, 0.717) is 5.78 Å². The van der Waals surface area contributed by atoms with Gasteiger partial charge in [-0.2, -0.15) is 4.98 Å². The van der Waals surface area contributed by atoms with E-state index in [1.54, 1.807) is 0 Å². The Balaban J connectivity index is 1.76. The van der Waals surface area contributed by atoms with Crippen LogP contribution in [-0.2, 0) is 0 Å². The molecule has 0 fully saturated rings. The SMILES string of the molecule is CN(c1ccccc1)c1nc2nnc(C3=CCCCC3)n2c2ccccc12. The van der Waals surface area contributed by atoms with Gasteiger partial charge in [0.05, 0.1) is 5.52 Å². The van der Waals surface area contributed by atoms with Crippen LogP contribution in [0.2, 0.25) is 0 Å². The third-order valence-corrected chi connectivity index (χ3v) is 5.28. The first-order chi connectivity index (χ1) is 13.3. The van der Waals surface area contributed by atoms with E-state index >= 15 is 0 Å². The highest BCUT2D eigenvalue weighted by Gasteiger charge is 2.19. The first kappa shape index (κ1) is 16.0. The predicted molar refractivity (Wildman–Crippen MR) is 109 cm³/mol. The van der Waals surface area contributed by atoms with Crippen molar-refractivity contribution in [3.63, 3.8) is 0 Å². The summed E-state index contributed by atoms with van der Waals surface area (Å²) >= 11 is 0. The van der Waals surface area contributed by atoms with E-state index < -0.39 is 0 Å². The number of rotatable bonds is 3. The Bertz CT molecular complexity index is 1140. The smallest absolute Gasteiger partial charge is 0.257 e. The summed E-state index contributed by atoms with van der Waals surface area (Å²) in [4.78, 5) is 6.99. The van der Waals surface area contributed by atoms with Crippen LogP contribution >= 0.6 is 0 Å². The normalized spacial score (nSPS) is 14.5. The number of nitrogens with zero attached hydrogens (tertiary/aromatic N) is 5. The summed E-state index contributed by atoms with van der Waals surface area (Å²) in [6.07, 6.45) is 6.94. The van der Waals surface area contributed by atoms with E-state index in [2.05, 4.69) is 62.0 Å². The molecule has 0 atom stereocenters. The topological polar surface area (TPSA) is 46.3 Å². The number of hydrogen-bond donors (Lipinski definition) is 0. The molecule has 0 spiro atoms. The Morgan fingerprint density at radius 3 is 2.56 bits per heavy atom. The van der Waals surface area contributed by atoms with Crippen LogP contribution < -0.4 is 4.90 Å². The molecular formula is C22H21N5. The van der Waals surface area contributed by atoms with Gasteiger partial charge in [0.15, 0.2) is 5.82 Å². The molecule has 0 aliphatic heterocycles. The van der Waals surface area contributed by atoms with Gasteiger partial charge in [-0.05, 0) is 55.5 Å². The third-order valence-electron chi connectivity index (χ3n) is 5.28. The van der Waals surface area contributed by atoms with E-state index in [-0.39, 0.29) is 0 Å². The lowest BCUT2D eigenvalue weighted by Gasteiger charge is -2.21. The van der Waals surface area contributed by atoms with Crippen molar-refractivity contribution >= 4 is 33.8 Å². The lowest BCUT2D eigenvalue weighted by molar-refractivity contribution is 0.736. The molecule has 4 aromatic rings. The Kier molecular flexibility index (Phi) is 3.85. The fraction of sp³-hybridized carbons (Fsp3) is 0.227. The molecule has 0 saturated carbocycles. The molecule has 0 unspecified atom stereocenters. The van der Waals surface area contributed by atoms with Gasteiger partial charge in [0.2, 0.25) is 0 Å². The number of para-hydroxylation sites is 2. The number of aromatic nitrogens is 4. The Morgan fingerprint density at radius 1 is 0.926 bits per heavy atom. The number of fused-ring (bicyclic) bond motifs is 3. The van der Waals surface area contributed by atoms with Crippen molar-refractivity contribution in [3.05, 3.63) is 66.5 Å². The maximum Gasteiger partial charge on any atom is 0.257 e. The summed E-state index contributed by atoms with van der Waals surface area (Å²) in [5.41, 5.74) is 3.46. The summed E-state index contributed by atoms with van der Waals surface area (Å²) < 4.78 is 2.11. The van der Waals surface area contributed by atoms with E-state index in [1.807, 2.05) is 25.2 Å². The summed E-state index contributed by atoms with van der Waals surface area (Å²) in [5, 5.41) is 10.0. The standard InChI is InChI=1S/C22H21N5/c1-26(17-12-6-3-7-13-17)21-18-14-8-9-15-19(18)27-20(24-25-22(27)23-21)16-10-4-2-5-11-16/h3,6-10,12-15H,2,4-5,11H2,1H3. The lowest BCUT2D eigenvalue weighted by Crippen LogP contribution is -2.13. The number of anilines is 2. The zero-order valence-corrected chi connectivity index (χ0v) is 15.3. The van der Waals surface area contributed by atoms with Crippen LogP contribution in [0.3, 0.4) is 0 Å². The number of benzene rings is 2. The van der Waals surface area contributed by atoms with Gasteiger partial charge in [-0.3, -0.25) is 4.40 Å². The van der Waals surface area contributed by atoms with Gasteiger partial charge in [-0.1, -0.05) is 36.4 Å². The number of allylic oxidation sites excluding steroid dienone is 2. The average molecular weight is 355 g/mol. The van der Waals surface area contributed by atoms with Crippen molar-refractivity contribution in [1.29, 1.82) is 0 Å². The van der Waals surface area contributed by atoms with Crippen molar-refractivity contribution < 1.29 is 0 Å². The largest absolute Gasteiger partial charge is 0.329 e. The molecule has 27 heavy (non-hydrogen) atoms. The van der Waals surface area contributed by atoms with Gasteiger partial charge in [-0.15, -0.1) is 10.2 Å². The van der Waals surface area contributed by atoms with Crippen molar-refractivity contribution in [2.45, 2.75) is 25.7 Å². The summed E-state index contributed by atoms with van der Waals surface area (Å²) in [7, 11) is 2.04. The minimum absolute atomic E-state index is 0.646. The maximum absolute atomic E-state index is 4.88. The van der Waals surface area contributed by atoms with Crippen molar-refractivity contribution in [2.24, 2.45) is 0 Å². The third kappa shape index (κ3) is 2.67. The zero-order valence-electron chi connectivity index (χ0n) is 15.3. The molecule has 1 aliphatic rings. The number of hydrogen-bond acceptors (Lipinski definition) is 4. The maximum atomic E-state index is 4.88. The highest BCUT2D eigenvalue weighted by atomic mass is 15.3. The quantitative estimate of drug-likeness (QED) is 0.519. The van der Waals surface area contributed by atoms with Crippen LogP contribution in [0.1, 0.15) is 31.5 Å². The minimum atomic E-state index is 0.646. The van der Waals surface area contributed by atoms with Crippen LogP contribution in [0.15, 0.2) is 60.7 Å². The average Bonchev–Trinajstić information content (AvgIpc) is 3.18. The van der Waals surface area contributed by atoms with Gasteiger partial charge >= 0.3 is 0 Å². The predicted octanol–water partition coefficient (Wildman–Crippen LogP) is 5.00. The second kappa shape index (κ2) is 6.50. The minimum Gasteiger partial charge on any atom is -0.329 e. The molecular weight excluding hydrogens is 334 g/mol. The molecule has 2 heterocycles. The summed E-state index contributed by atoms with van der Waals surface area (Å²) in [5.74, 6) is 2.47. The fourth-order valence-corrected chi connectivity index (χ4v) is 3.86. The molecule has 5 nitrogen and oxygen atoms in total. The fourth-order valence-electron chi connectivity index (χ4n) is 3.86. The first-order valence-corrected chi connectivity index (χ1v) is 9.45. The van der Waals surface area contributed by atoms with E-state index in [0.717, 1.165) is 41.1 Å². The van der Waals surface area contributed by atoms with Gasteiger partial charge in [0.1, 0.15) is 5.82 Å². The molecule has 0 saturated heterocycles. The van der Waals surface area contributed by atoms with Gasteiger partial charge < -0.3 is 4.90 Å². The molecule has 0 radical (unpaired) electrons. The highest BCUT2D eigenvalue weighted by molar-refractivity contribution is 5.94. The lowest BCUT2D eigenvalue weighted by atomic mass is 9.99. The van der Waals surface area contributed by atoms with E-state index in [4.69, 9.17) is 4.98 Å². The molecule has 5 heteroatoms. The van der Waals surface area contributed by atoms with Gasteiger partial charge in [-0.25, -0.2) is 0 Å². The van der Waals surface area contributed by atoms with Crippen LogP contribution in [0.5, 0.6) is 0 Å².